The summed E-state index contributed by atoms with van der Waals surface area (Å²) < 4.78 is 0. The van der Waals surface area contributed by atoms with Crippen LogP contribution in [0.2, 0.25) is 0 Å². The summed E-state index contributed by atoms with van der Waals surface area (Å²) in [6, 6.07) is 30.9. The summed E-state index contributed by atoms with van der Waals surface area (Å²) in [5.41, 5.74) is 21.4. The lowest BCUT2D eigenvalue weighted by atomic mass is 9.54. The summed E-state index contributed by atoms with van der Waals surface area (Å²) in [5.74, 6) is 1.99. The zero-order valence-corrected chi connectivity index (χ0v) is 38.5. The van der Waals surface area contributed by atoms with Gasteiger partial charge in [-0.25, -0.2) is 0 Å². The molecule has 6 bridgehead atoms. The fourth-order valence-electron chi connectivity index (χ4n) is 20.7. The number of allylic oxidation sites excluding steroid dienone is 3. The highest BCUT2D eigenvalue weighted by Crippen LogP contribution is 2.75. The van der Waals surface area contributed by atoms with Crippen LogP contribution in [0.4, 0.5) is 17.1 Å². The van der Waals surface area contributed by atoms with E-state index in [4.69, 9.17) is 0 Å². The van der Waals surface area contributed by atoms with Gasteiger partial charge in [-0.15, -0.1) is 0 Å². The SMILES string of the molecule is C/C=C1/CN2[C@@H](C3=C[C@@H]4[C@@H]5N(C3=O)c3ccccc3[C@@]53CCN5C/C(=C/C)[C@@H]4C[C@H]53)C[C@@]34c5ccccc5N5C6=C7[C@H]8C[C@@H]9N(CC[C@@]9%10c9ccccc9N(C6=C([C@H]1C[C@H]23)[C@H]54)[C@@H]7%10)C/C8=C/C. The number of benzene rings is 3. The fraction of sp³-hybridized carbons (Fsp3) is 0.475. The van der Waals surface area contributed by atoms with Crippen molar-refractivity contribution < 1.29 is 4.79 Å². The van der Waals surface area contributed by atoms with Gasteiger partial charge in [0.1, 0.15) is 0 Å². The van der Waals surface area contributed by atoms with Crippen molar-refractivity contribution in [3.63, 3.8) is 0 Å². The van der Waals surface area contributed by atoms with Crippen LogP contribution in [-0.2, 0) is 21.0 Å². The van der Waals surface area contributed by atoms with Gasteiger partial charge in [0, 0.05) is 100 Å². The number of nitrogens with zero attached hydrogens (tertiary/aromatic N) is 6. The highest BCUT2D eigenvalue weighted by molar-refractivity contribution is 6.10. The molecule has 9 fully saturated rings. The minimum absolute atomic E-state index is 0.0156. The van der Waals surface area contributed by atoms with Crippen LogP contribution in [0.3, 0.4) is 0 Å². The maximum absolute atomic E-state index is 16.1. The second-order valence-electron chi connectivity index (χ2n) is 23.5. The number of piperidine rings is 3. The van der Waals surface area contributed by atoms with E-state index in [-0.39, 0.29) is 34.4 Å². The molecule has 18 rings (SSSR count). The second kappa shape index (κ2) is 11.3. The Balaban J connectivity index is 0.868. The van der Waals surface area contributed by atoms with E-state index in [0.717, 1.165) is 51.0 Å². The molecule has 12 heterocycles. The van der Waals surface area contributed by atoms with Crippen molar-refractivity contribution in [3.8, 4) is 0 Å². The maximum Gasteiger partial charge on any atom is 0.255 e. The summed E-state index contributed by atoms with van der Waals surface area (Å²) >= 11 is 0. The number of carbonyl (C=O) groups is 1. The summed E-state index contributed by atoms with van der Waals surface area (Å²) in [6.07, 6.45) is 17.1. The van der Waals surface area contributed by atoms with Gasteiger partial charge < -0.3 is 14.7 Å². The van der Waals surface area contributed by atoms with Crippen molar-refractivity contribution in [1.82, 2.24) is 14.7 Å². The third kappa shape index (κ3) is 3.42. The number of rotatable bonds is 1. The Labute approximate surface area is 388 Å². The van der Waals surface area contributed by atoms with Crippen molar-refractivity contribution in [1.29, 1.82) is 0 Å². The molecule has 3 spiro atoms. The molecule has 3 aromatic carbocycles. The van der Waals surface area contributed by atoms with E-state index in [0.29, 0.717) is 53.7 Å². The van der Waals surface area contributed by atoms with Crippen LogP contribution in [0, 0.1) is 23.7 Å². The topological polar surface area (TPSA) is 36.5 Å². The van der Waals surface area contributed by atoms with Crippen LogP contribution in [0.15, 0.2) is 142 Å². The predicted molar refractivity (Wildman–Crippen MR) is 258 cm³/mol. The van der Waals surface area contributed by atoms with Crippen molar-refractivity contribution in [2.24, 2.45) is 23.7 Å². The summed E-state index contributed by atoms with van der Waals surface area (Å²) in [4.78, 5) is 33.1. The Morgan fingerprint density at radius 1 is 0.576 bits per heavy atom. The highest BCUT2D eigenvalue weighted by Gasteiger charge is 2.77. The van der Waals surface area contributed by atoms with Gasteiger partial charge in [-0.05, 0) is 124 Å². The minimum atomic E-state index is -0.119. The summed E-state index contributed by atoms with van der Waals surface area (Å²) in [6.45, 7) is 12.4. The lowest BCUT2D eigenvalue weighted by molar-refractivity contribution is -0.118. The maximum atomic E-state index is 16.1. The van der Waals surface area contributed by atoms with Gasteiger partial charge in [-0.2, -0.15) is 0 Å². The van der Waals surface area contributed by atoms with Crippen LogP contribution >= 0.6 is 0 Å². The Hall–Kier alpha value is -4.95. The number of hydrogen-bond donors (Lipinski definition) is 0. The van der Waals surface area contributed by atoms with Crippen LogP contribution in [-0.4, -0.2) is 95.6 Å². The molecule has 3 aromatic rings. The first-order valence-electron chi connectivity index (χ1n) is 26.1. The van der Waals surface area contributed by atoms with Crippen molar-refractivity contribution in [3.05, 3.63) is 159 Å². The molecule has 14 atom stereocenters. The number of anilines is 3. The number of hydrogen-bond acceptors (Lipinski definition) is 6. The molecule has 330 valence electrons. The minimum Gasteiger partial charge on any atom is -0.331 e. The quantitative estimate of drug-likeness (QED) is 0.229. The first-order chi connectivity index (χ1) is 32.5. The van der Waals surface area contributed by atoms with Gasteiger partial charge in [0.2, 0.25) is 0 Å². The van der Waals surface area contributed by atoms with E-state index in [1.807, 2.05) is 0 Å². The average molecular weight is 867 g/mol. The van der Waals surface area contributed by atoms with E-state index in [1.54, 1.807) is 50.4 Å². The molecule has 66 heavy (non-hydrogen) atoms. The molecule has 1 amide bonds. The molecule has 0 radical (unpaired) electrons. The van der Waals surface area contributed by atoms with Crippen LogP contribution < -0.4 is 14.7 Å². The van der Waals surface area contributed by atoms with Crippen molar-refractivity contribution in [2.45, 2.75) is 118 Å². The standard InChI is InChI=1S/C59H58N6O/c1-4-31-28-60-21-19-57-40-14-8-12-18-44(40)65-53(57)37(34(31)24-46(57)60)23-38(56(65)66)45-27-59-41-15-9-11-17-43(41)64-51-49-35-25-47-58(20-22-61(47)29-32(35)5-2)39-13-7-10-16-42(39)63(54(49)58)52(51)50(55(59)64)36-26-48(59)62(45)30-33(36)6-3/h4-18,23,34-37,45-48,53-55H,19-22,24-30H2,1-3H3/b31-4-,32-5-,33-6-/t34-,35-,36-,37-,45+,46-,47-,48-,53-,54-,55-,57+,58+,59+/m0/s1. The normalized spacial score (nSPS) is 45.6. The Morgan fingerprint density at radius 3 is 1.77 bits per heavy atom. The lowest BCUT2D eigenvalue weighted by Crippen LogP contribution is -2.66. The zero-order valence-electron chi connectivity index (χ0n) is 38.5. The Kier molecular flexibility index (Phi) is 6.19. The molecule has 0 N–H and O–H groups in total. The molecular weight excluding hydrogens is 809 g/mol. The monoisotopic (exact) mass is 866 g/mol. The molecule has 7 nitrogen and oxygen atoms in total. The Bertz CT molecular complexity index is 3100. The fourth-order valence-corrected chi connectivity index (χ4v) is 20.7. The first kappa shape index (κ1) is 36.1. The van der Waals surface area contributed by atoms with E-state index >= 15 is 4.79 Å². The van der Waals surface area contributed by atoms with Crippen LogP contribution in [0.25, 0.3) is 0 Å². The summed E-state index contributed by atoms with van der Waals surface area (Å²) in [5, 5.41) is 0. The molecule has 3 aliphatic carbocycles. The first-order valence-corrected chi connectivity index (χ1v) is 26.1. The molecule has 0 aromatic heterocycles. The van der Waals surface area contributed by atoms with E-state index in [2.05, 4.69) is 147 Å². The van der Waals surface area contributed by atoms with Gasteiger partial charge in [0.25, 0.3) is 5.91 Å². The predicted octanol–water partition coefficient (Wildman–Crippen LogP) is 8.52. The molecule has 0 unspecified atom stereocenters. The number of para-hydroxylation sites is 3. The highest BCUT2D eigenvalue weighted by atomic mass is 16.2. The molecule has 12 aliphatic heterocycles. The third-order valence-electron chi connectivity index (χ3n) is 22.6. The molecule has 15 aliphatic rings. The zero-order chi connectivity index (χ0) is 43.1. The van der Waals surface area contributed by atoms with E-state index in [9.17, 15) is 0 Å². The van der Waals surface area contributed by atoms with Gasteiger partial charge in [0.15, 0.2) is 0 Å². The average Bonchev–Trinajstić information content (AvgIpc) is 4.24. The smallest absolute Gasteiger partial charge is 0.255 e. The van der Waals surface area contributed by atoms with E-state index in [1.165, 1.54) is 48.4 Å². The third-order valence-corrected chi connectivity index (χ3v) is 22.6. The molecule has 3 saturated carbocycles. The molecule has 6 saturated heterocycles. The Morgan fingerprint density at radius 2 is 1.11 bits per heavy atom. The van der Waals surface area contributed by atoms with Gasteiger partial charge in [-0.1, -0.05) is 95.6 Å². The second-order valence-corrected chi connectivity index (χ2v) is 23.5. The van der Waals surface area contributed by atoms with Crippen molar-refractivity contribution in [2.75, 3.05) is 47.4 Å². The van der Waals surface area contributed by atoms with Gasteiger partial charge in [-0.3, -0.25) is 19.5 Å². The van der Waals surface area contributed by atoms with Gasteiger partial charge >= 0.3 is 0 Å². The van der Waals surface area contributed by atoms with E-state index < -0.39 is 0 Å². The van der Waals surface area contributed by atoms with Crippen LogP contribution in [0.5, 0.6) is 0 Å². The van der Waals surface area contributed by atoms with Gasteiger partial charge in [0.05, 0.1) is 29.5 Å². The number of fused-ring (bicyclic) bond motifs is 15. The largest absolute Gasteiger partial charge is 0.331 e. The van der Waals surface area contributed by atoms with Crippen molar-refractivity contribution >= 4 is 23.0 Å². The van der Waals surface area contributed by atoms with Crippen LogP contribution in [0.1, 0.15) is 76.0 Å². The molecule has 7 heteroatoms. The lowest BCUT2D eigenvalue weighted by Gasteiger charge is -2.57. The number of amides is 1. The molecular formula is C59H58N6O. The summed E-state index contributed by atoms with van der Waals surface area (Å²) in [7, 11) is 0. The number of carbonyl (C=O) groups excluding carboxylic acids is 1.